The third-order valence-corrected chi connectivity index (χ3v) is 2.26. The van der Waals surface area contributed by atoms with Gasteiger partial charge in [-0.3, -0.25) is 0 Å². The Kier molecular flexibility index (Phi) is 14.3. The summed E-state index contributed by atoms with van der Waals surface area (Å²) in [5.41, 5.74) is 0. The highest BCUT2D eigenvalue weighted by atomic mass is 16.7. The van der Waals surface area contributed by atoms with E-state index in [9.17, 15) is 0 Å². The lowest BCUT2D eigenvalue weighted by Crippen LogP contribution is -2.24. The van der Waals surface area contributed by atoms with Crippen LogP contribution in [0.1, 0.15) is 41.5 Å². The normalized spacial score (nSPS) is 11.7. The molecule has 4 nitrogen and oxygen atoms in total. The van der Waals surface area contributed by atoms with Crippen LogP contribution >= 0.6 is 0 Å². The van der Waals surface area contributed by atoms with Crippen LogP contribution in [0.4, 0.5) is 0 Å². The van der Waals surface area contributed by atoms with Crippen LogP contribution < -0.4 is 0 Å². The molecule has 0 amide bonds. The number of methoxy groups -OCH3 is 2. The molecule has 0 aliphatic rings. The summed E-state index contributed by atoms with van der Waals surface area (Å²) >= 11 is 0. The lowest BCUT2D eigenvalue weighted by Gasteiger charge is -2.19. The molecule has 0 aromatic rings. The van der Waals surface area contributed by atoms with E-state index in [0.717, 1.165) is 26.4 Å². The summed E-state index contributed by atoms with van der Waals surface area (Å²) in [6, 6.07) is 0. The fourth-order valence-corrected chi connectivity index (χ4v) is 0.839. The Balaban J connectivity index is 0. The van der Waals surface area contributed by atoms with Crippen molar-refractivity contribution in [2.24, 2.45) is 11.8 Å². The highest BCUT2D eigenvalue weighted by molar-refractivity contribution is 4.47. The number of rotatable bonds is 9. The minimum Gasteiger partial charge on any atom is -0.379 e. The summed E-state index contributed by atoms with van der Waals surface area (Å²) in [6.45, 7) is 15.4. The minimum atomic E-state index is -0.417. The van der Waals surface area contributed by atoms with Gasteiger partial charge in [-0.15, -0.1) is 0 Å². The van der Waals surface area contributed by atoms with Gasteiger partial charge < -0.3 is 18.9 Å². The predicted molar refractivity (Wildman–Crippen MR) is 79.4 cm³/mol. The first kappa shape index (κ1) is 21.1. The fourth-order valence-electron chi connectivity index (χ4n) is 0.839. The largest absolute Gasteiger partial charge is 0.379 e. The van der Waals surface area contributed by atoms with E-state index in [1.165, 1.54) is 0 Å². The van der Waals surface area contributed by atoms with Crippen molar-refractivity contribution in [3.05, 3.63) is 0 Å². The first-order valence-electron chi connectivity index (χ1n) is 7.01. The highest BCUT2D eigenvalue weighted by Gasteiger charge is 2.11. The smallest absolute Gasteiger partial charge is 0.161 e. The van der Waals surface area contributed by atoms with Crippen LogP contribution in [0.5, 0.6) is 0 Å². The summed E-state index contributed by atoms with van der Waals surface area (Å²) in [4.78, 5) is 0. The SMILES string of the molecule is CC(C)COCCOCC(C)C.COC(C)(C)OC. The van der Waals surface area contributed by atoms with Crippen molar-refractivity contribution in [2.45, 2.75) is 47.3 Å². The van der Waals surface area contributed by atoms with Gasteiger partial charge >= 0.3 is 0 Å². The summed E-state index contributed by atoms with van der Waals surface area (Å²) in [5.74, 6) is 0.824. The summed E-state index contributed by atoms with van der Waals surface area (Å²) in [7, 11) is 3.23. The molecule has 0 unspecified atom stereocenters. The molecular weight excluding hydrogens is 244 g/mol. The van der Waals surface area contributed by atoms with E-state index in [4.69, 9.17) is 18.9 Å². The second kappa shape index (κ2) is 12.9. The molecule has 0 bridgehead atoms. The third kappa shape index (κ3) is 20.3. The summed E-state index contributed by atoms with van der Waals surface area (Å²) in [5, 5.41) is 0. The summed E-state index contributed by atoms with van der Waals surface area (Å²) < 4.78 is 20.4. The van der Waals surface area contributed by atoms with Gasteiger partial charge in [-0.25, -0.2) is 0 Å². The zero-order valence-electron chi connectivity index (χ0n) is 14.1. The Morgan fingerprint density at radius 2 is 1.05 bits per heavy atom. The van der Waals surface area contributed by atoms with Crippen molar-refractivity contribution in [1.29, 1.82) is 0 Å². The van der Waals surface area contributed by atoms with E-state index in [2.05, 4.69) is 27.7 Å². The lowest BCUT2D eigenvalue weighted by molar-refractivity contribution is -0.178. The zero-order chi connectivity index (χ0) is 15.3. The van der Waals surface area contributed by atoms with Gasteiger partial charge in [-0.05, 0) is 25.7 Å². The van der Waals surface area contributed by atoms with Crippen LogP contribution in [0.2, 0.25) is 0 Å². The summed E-state index contributed by atoms with van der Waals surface area (Å²) in [6.07, 6.45) is 0. The molecule has 0 heterocycles. The van der Waals surface area contributed by atoms with Crippen LogP contribution in [0.25, 0.3) is 0 Å². The van der Waals surface area contributed by atoms with E-state index in [-0.39, 0.29) is 0 Å². The van der Waals surface area contributed by atoms with Gasteiger partial charge in [0, 0.05) is 27.4 Å². The molecule has 0 radical (unpaired) electrons. The molecule has 0 atom stereocenters. The molecule has 0 aromatic heterocycles. The Hall–Kier alpha value is -0.160. The molecular formula is C15H34O4. The molecule has 0 aliphatic heterocycles. The first-order valence-corrected chi connectivity index (χ1v) is 7.01. The topological polar surface area (TPSA) is 36.9 Å². The fraction of sp³-hybridized carbons (Fsp3) is 1.00. The second-order valence-corrected chi connectivity index (χ2v) is 5.75. The van der Waals surface area contributed by atoms with Crippen molar-refractivity contribution < 1.29 is 18.9 Å². The van der Waals surface area contributed by atoms with E-state index in [1.54, 1.807) is 14.2 Å². The van der Waals surface area contributed by atoms with Gasteiger partial charge in [0.05, 0.1) is 13.2 Å². The molecule has 19 heavy (non-hydrogen) atoms. The monoisotopic (exact) mass is 278 g/mol. The Morgan fingerprint density at radius 3 is 1.21 bits per heavy atom. The van der Waals surface area contributed by atoms with Crippen LogP contribution in [0, 0.1) is 11.8 Å². The molecule has 0 rings (SSSR count). The number of ether oxygens (including phenoxy) is 4. The third-order valence-electron chi connectivity index (χ3n) is 2.26. The molecule has 0 fully saturated rings. The molecule has 0 saturated carbocycles. The zero-order valence-corrected chi connectivity index (χ0v) is 14.1. The molecule has 0 saturated heterocycles. The highest BCUT2D eigenvalue weighted by Crippen LogP contribution is 2.05. The van der Waals surface area contributed by atoms with Crippen molar-refractivity contribution in [3.8, 4) is 0 Å². The molecule has 0 aromatic carbocycles. The lowest BCUT2D eigenvalue weighted by atomic mass is 10.2. The van der Waals surface area contributed by atoms with Crippen molar-refractivity contribution >= 4 is 0 Å². The van der Waals surface area contributed by atoms with E-state index in [1.807, 2.05) is 13.8 Å². The molecule has 4 heteroatoms. The van der Waals surface area contributed by atoms with E-state index in [0.29, 0.717) is 11.8 Å². The van der Waals surface area contributed by atoms with Crippen LogP contribution in [0.15, 0.2) is 0 Å². The molecule has 0 N–H and O–H groups in total. The molecule has 0 aliphatic carbocycles. The van der Waals surface area contributed by atoms with E-state index < -0.39 is 5.79 Å². The van der Waals surface area contributed by atoms with Crippen molar-refractivity contribution in [1.82, 2.24) is 0 Å². The van der Waals surface area contributed by atoms with Gasteiger partial charge in [0.1, 0.15) is 0 Å². The van der Waals surface area contributed by atoms with Gasteiger partial charge in [0.15, 0.2) is 5.79 Å². The standard InChI is InChI=1S/C10H22O2.C5H12O2/c1-9(2)7-11-5-6-12-8-10(3)4;1-5(2,6-3)7-4/h9-10H,5-8H2,1-4H3;1-4H3. The molecule has 0 spiro atoms. The average molecular weight is 278 g/mol. The van der Waals surface area contributed by atoms with Crippen LogP contribution in [-0.2, 0) is 18.9 Å². The van der Waals surface area contributed by atoms with Gasteiger partial charge in [0.2, 0.25) is 0 Å². The minimum absolute atomic E-state index is 0.417. The number of hydrogen-bond acceptors (Lipinski definition) is 4. The maximum absolute atomic E-state index is 5.35. The van der Waals surface area contributed by atoms with Crippen LogP contribution in [0.3, 0.4) is 0 Å². The van der Waals surface area contributed by atoms with Gasteiger partial charge in [-0.1, -0.05) is 27.7 Å². The maximum atomic E-state index is 5.35. The molecule has 118 valence electrons. The van der Waals surface area contributed by atoms with Gasteiger partial charge in [-0.2, -0.15) is 0 Å². The quantitative estimate of drug-likeness (QED) is 0.479. The second-order valence-electron chi connectivity index (χ2n) is 5.75. The maximum Gasteiger partial charge on any atom is 0.161 e. The average Bonchev–Trinajstić information content (AvgIpc) is 2.34. The van der Waals surface area contributed by atoms with Gasteiger partial charge in [0.25, 0.3) is 0 Å². The Bertz CT molecular complexity index is 161. The predicted octanol–water partition coefficient (Wildman–Crippen LogP) is 3.35. The Labute approximate surface area is 119 Å². The van der Waals surface area contributed by atoms with Crippen molar-refractivity contribution in [3.63, 3.8) is 0 Å². The Morgan fingerprint density at radius 1 is 0.737 bits per heavy atom. The van der Waals surface area contributed by atoms with E-state index >= 15 is 0 Å². The number of hydrogen-bond donors (Lipinski definition) is 0. The van der Waals surface area contributed by atoms with Crippen molar-refractivity contribution in [2.75, 3.05) is 40.6 Å². The van der Waals surface area contributed by atoms with Crippen LogP contribution in [-0.4, -0.2) is 46.4 Å². The first-order chi connectivity index (χ1) is 8.75.